The van der Waals surface area contributed by atoms with Crippen LogP contribution in [0.15, 0.2) is 84.9 Å². The molecule has 109 valence electrons. The zero-order valence-electron chi connectivity index (χ0n) is 13.1. The van der Waals surface area contributed by atoms with Crippen molar-refractivity contribution in [2.45, 2.75) is 6.92 Å². The van der Waals surface area contributed by atoms with Gasteiger partial charge in [0.1, 0.15) is 0 Å². The normalized spacial score (nSPS) is 10.8. The van der Waals surface area contributed by atoms with E-state index in [4.69, 9.17) is 0 Å². The van der Waals surface area contributed by atoms with Crippen LogP contribution in [0.25, 0.3) is 33.0 Å². The number of aryl methyl sites for hydroxylation is 1. The molecule has 0 amide bonds. The van der Waals surface area contributed by atoms with E-state index < -0.39 is 0 Å². The zero-order chi connectivity index (χ0) is 15.6. The summed E-state index contributed by atoms with van der Waals surface area (Å²) in [5, 5.41) is 2.55. The summed E-state index contributed by atoms with van der Waals surface area (Å²) in [5.74, 6) is 0. The molecule has 4 aromatic rings. The van der Waals surface area contributed by atoms with Gasteiger partial charge in [0.25, 0.3) is 0 Å². The third-order valence-electron chi connectivity index (χ3n) is 4.28. The number of fused-ring (bicyclic) bond motifs is 1. The van der Waals surface area contributed by atoms with Gasteiger partial charge in [-0.3, -0.25) is 0 Å². The monoisotopic (exact) mass is 293 g/mol. The van der Waals surface area contributed by atoms with E-state index >= 15 is 0 Å². The van der Waals surface area contributed by atoms with Gasteiger partial charge >= 0.3 is 0 Å². The molecule has 0 heteroatoms. The van der Waals surface area contributed by atoms with Gasteiger partial charge in [-0.2, -0.15) is 0 Å². The van der Waals surface area contributed by atoms with Crippen LogP contribution < -0.4 is 0 Å². The predicted octanol–water partition coefficient (Wildman–Crippen LogP) is 6.28. The Morgan fingerprint density at radius 2 is 1.39 bits per heavy atom. The van der Waals surface area contributed by atoms with Crippen molar-refractivity contribution < 1.29 is 0 Å². The minimum Gasteiger partial charge on any atom is -0.0616 e. The topological polar surface area (TPSA) is 0 Å². The summed E-state index contributed by atoms with van der Waals surface area (Å²) in [7, 11) is 0. The second-order valence-electron chi connectivity index (χ2n) is 5.85. The summed E-state index contributed by atoms with van der Waals surface area (Å²) in [6.45, 7) is 2.12. The summed E-state index contributed by atoms with van der Waals surface area (Å²) >= 11 is 0. The molecule has 0 saturated heterocycles. The quantitative estimate of drug-likeness (QED) is 0.408. The first-order chi connectivity index (χ1) is 11.3. The second-order valence-corrected chi connectivity index (χ2v) is 5.85. The van der Waals surface area contributed by atoms with Crippen LogP contribution in [-0.4, -0.2) is 0 Å². The molecule has 0 aliphatic heterocycles. The van der Waals surface area contributed by atoms with Crippen LogP contribution in [0.5, 0.6) is 0 Å². The molecule has 0 bridgehead atoms. The molecule has 4 rings (SSSR count). The maximum atomic E-state index is 3.44. The average molecular weight is 293 g/mol. The number of hydrogen-bond acceptors (Lipinski definition) is 0. The van der Waals surface area contributed by atoms with E-state index in [0.29, 0.717) is 0 Å². The summed E-state index contributed by atoms with van der Waals surface area (Å²) in [6, 6.07) is 33.4. The fraction of sp³-hybridized carbons (Fsp3) is 0.0435. The van der Waals surface area contributed by atoms with Crippen LogP contribution in [0, 0.1) is 13.0 Å². The Balaban J connectivity index is 1.97. The van der Waals surface area contributed by atoms with Gasteiger partial charge in [0.05, 0.1) is 0 Å². The van der Waals surface area contributed by atoms with E-state index in [2.05, 4.69) is 91.9 Å². The van der Waals surface area contributed by atoms with Gasteiger partial charge in [0, 0.05) is 0 Å². The first-order valence-corrected chi connectivity index (χ1v) is 7.89. The number of rotatable bonds is 2. The molecular formula is C23H17. The van der Waals surface area contributed by atoms with Crippen molar-refractivity contribution in [1.82, 2.24) is 0 Å². The summed E-state index contributed by atoms with van der Waals surface area (Å²) in [4.78, 5) is 0. The lowest BCUT2D eigenvalue weighted by atomic mass is 9.91. The van der Waals surface area contributed by atoms with Crippen LogP contribution in [0.3, 0.4) is 0 Å². The lowest BCUT2D eigenvalue weighted by molar-refractivity contribution is 1.47. The Hall–Kier alpha value is -2.86. The highest BCUT2D eigenvalue weighted by Crippen LogP contribution is 2.35. The van der Waals surface area contributed by atoms with Crippen LogP contribution >= 0.6 is 0 Å². The molecule has 0 fully saturated rings. The molecule has 0 atom stereocenters. The fourth-order valence-corrected chi connectivity index (χ4v) is 3.08. The molecule has 23 heavy (non-hydrogen) atoms. The minimum absolute atomic E-state index is 1.16. The van der Waals surface area contributed by atoms with Gasteiger partial charge in [-0.1, -0.05) is 90.5 Å². The molecule has 0 spiro atoms. The molecule has 0 saturated carbocycles. The van der Waals surface area contributed by atoms with Crippen molar-refractivity contribution in [1.29, 1.82) is 0 Å². The number of benzene rings is 4. The first kappa shape index (κ1) is 13.8. The molecule has 0 aliphatic rings. The van der Waals surface area contributed by atoms with Gasteiger partial charge in [0.2, 0.25) is 0 Å². The highest BCUT2D eigenvalue weighted by molar-refractivity contribution is 6.00. The summed E-state index contributed by atoms with van der Waals surface area (Å²) in [6.07, 6.45) is 0. The Bertz CT molecular complexity index is 957. The second kappa shape index (κ2) is 5.73. The van der Waals surface area contributed by atoms with Gasteiger partial charge in [0.15, 0.2) is 0 Å². The van der Waals surface area contributed by atoms with Crippen LogP contribution in [0.2, 0.25) is 0 Å². The fourth-order valence-electron chi connectivity index (χ4n) is 3.08. The van der Waals surface area contributed by atoms with E-state index in [0.717, 1.165) is 5.56 Å². The third-order valence-corrected chi connectivity index (χ3v) is 4.28. The minimum atomic E-state index is 1.16. The van der Waals surface area contributed by atoms with Crippen molar-refractivity contribution in [3.63, 3.8) is 0 Å². The third kappa shape index (κ3) is 2.53. The van der Waals surface area contributed by atoms with E-state index in [9.17, 15) is 0 Å². The molecule has 0 aromatic heterocycles. The average Bonchev–Trinajstić information content (AvgIpc) is 2.62. The Kier molecular flexibility index (Phi) is 3.44. The van der Waals surface area contributed by atoms with Crippen LogP contribution in [0.1, 0.15) is 5.56 Å². The van der Waals surface area contributed by atoms with Crippen molar-refractivity contribution in [3.8, 4) is 22.3 Å². The van der Waals surface area contributed by atoms with Crippen molar-refractivity contribution in [3.05, 3.63) is 96.6 Å². The molecule has 0 heterocycles. The standard InChI is InChI=1S/C23H17/c1-17-13-15-19(16-14-17)21-10-4-5-11-22(21)23-12-6-8-18-7-2-3-9-20(18)23/h2-9,11-16H,1H3. The van der Waals surface area contributed by atoms with Crippen LogP contribution in [-0.2, 0) is 0 Å². The van der Waals surface area contributed by atoms with Gasteiger partial charge in [-0.05, 0) is 46.0 Å². The largest absolute Gasteiger partial charge is 0.0616 e. The summed E-state index contributed by atoms with van der Waals surface area (Å²) in [5.41, 5.74) is 6.13. The molecule has 0 unspecified atom stereocenters. The molecule has 1 radical (unpaired) electrons. The van der Waals surface area contributed by atoms with E-state index in [1.165, 1.54) is 33.0 Å². The van der Waals surface area contributed by atoms with E-state index in [1.807, 2.05) is 6.07 Å². The van der Waals surface area contributed by atoms with Gasteiger partial charge in [-0.25, -0.2) is 0 Å². The van der Waals surface area contributed by atoms with Crippen molar-refractivity contribution in [2.75, 3.05) is 0 Å². The van der Waals surface area contributed by atoms with Gasteiger partial charge < -0.3 is 0 Å². The SMILES string of the molecule is Cc1ccc(-c2[c]cccc2-c2cccc3ccccc23)cc1. The first-order valence-electron chi connectivity index (χ1n) is 7.89. The predicted molar refractivity (Wildman–Crippen MR) is 98.4 cm³/mol. The van der Waals surface area contributed by atoms with Gasteiger partial charge in [-0.15, -0.1) is 0 Å². The van der Waals surface area contributed by atoms with Crippen molar-refractivity contribution >= 4 is 10.8 Å². The maximum Gasteiger partial charge on any atom is -0.00264 e. The Labute approximate surface area is 137 Å². The molecule has 4 aromatic carbocycles. The Morgan fingerprint density at radius 1 is 0.652 bits per heavy atom. The zero-order valence-corrected chi connectivity index (χ0v) is 13.1. The maximum absolute atomic E-state index is 3.44. The number of hydrogen-bond donors (Lipinski definition) is 0. The lowest BCUT2D eigenvalue weighted by Gasteiger charge is -2.12. The summed E-state index contributed by atoms with van der Waals surface area (Å²) < 4.78 is 0. The molecular weight excluding hydrogens is 276 g/mol. The van der Waals surface area contributed by atoms with E-state index in [1.54, 1.807) is 0 Å². The molecule has 0 N–H and O–H groups in total. The highest BCUT2D eigenvalue weighted by atomic mass is 14.1. The lowest BCUT2D eigenvalue weighted by Crippen LogP contribution is -1.87. The van der Waals surface area contributed by atoms with Crippen LogP contribution in [0.4, 0.5) is 0 Å². The smallest absolute Gasteiger partial charge is 0.00264 e. The molecule has 0 aliphatic carbocycles. The molecule has 0 nitrogen and oxygen atoms in total. The van der Waals surface area contributed by atoms with E-state index in [-0.39, 0.29) is 0 Å². The van der Waals surface area contributed by atoms with Crippen molar-refractivity contribution in [2.24, 2.45) is 0 Å². The Morgan fingerprint density at radius 3 is 2.26 bits per heavy atom. The highest BCUT2D eigenvalue weighted by Gasteiger charge is 2.09.